The molecular weight excluding hydrogens is 232 g/mol. The molecule has 0 aromatic carbocycles. The summed E-state index contributed by atoms with van der Waals surface area (Å²) in [6.07, 6.45) is 2.39. The Balaban J connectivity index is 2.52. The minimum Gasteiger partial charge on any atom is -0.145 e. The maximum absolute atomic E-state index is 3.50. The molecule has 1 aromatic rings. The van der Waals surface area contributed by atoms with Crippen molar-refractivity contribution in [1.82, 2.24) is 0 Å². The molecule has 0 aliphatic carbocycles. The van der Waals surface area contributed by atoms with Crippen molar-refractivity contribution in [3.05, 3.63) is 21.9 Å². The molecule has 0 radical (unpaired) electrons. The number of hydrogen-bond donors (Lipinski definition) is 0. The molecule has 1 unspecified atom stereocenters. The summed E-state index contributed by atoms with van der Waals surface area (Å²) < 4.78 is 0. The maximum atomic E-state index is 3.50. The smallest absolute Gasteiger partial charge is 0.00605 e. The van der Waals surface area contributed by atoms with E-state index in [1.165, 1.54) is 22.6 Å². The lowest BCUT2D eigenvalue weighted by atomic mass is 10.1. The fourth-order valence-corrected chi connectivity index (χ4v) is 2.47. The quantitative estimate of drug-likeness (QED) is 0.708. The van der Waals surface area contributed by atoms with Gasteiger partial charge in [0.1, 0.15) is 0 Å². The molecule has 0 fully saturated rings. The van der Waals surface area contributed by atoms with E-state index in [0.29, 0.717) is 0 Å². The van der Waals surface area contributed by atoms with E-state index in [1.807, 2.05) is 11.3 Å². The van der Waals surface area contributed by atoms with E-state index in [2.05, 4.69) is 41.9 Å². The van der Waals surface area contributed by atoms with E-state index in [0.717, 1.165) is 11.2 Å². The van der Waals surface area contributed by atoms with Crippen molar-refractivity contribution in [2.24, 2.45) is 5.92 Å². The Bertz CT molecular complexity index is 229. The van der Waals surface area contributed by atoms with Crippen LogP contribution in [-0.4, -0.2) is 5.33 Å². The Morgan fingerprint density at radius 1 is 1.42 bits per heavy atom. The molecule has 0 amide bonds. The molecule has 0 nitrogen and oxygen atoms in total. The highest BCUT2D eigenvalue weighted by atomic mass is 79.9. The van der Waals surface area contributed by atoms with Gasteiger partial charge in [-0.05, 0) is 30.9 Å². The molecule has 1 rings (SSSR count). The fraction of sp³-hybridized carbons (Fsp3) is 0.600. The largest absolute Gasteiger partial charge is 0.145 e. The van der Waals surface area contributed by atoms with Gasteiger partial charge in [0.05, 0.1) is 0 Å². The summed E-state index contributed by atoms with van der Waals surface area (Å²) >= 11 is 5.46. The zero-order valence-electron chi connectivity index (χ0n) is 7.64. The van der Waals surface area contributed by atoms with Crippen LogP contribution >= 0.6 is 27.3 Å². The first kappa shape index (κ1) is 10.3. The second-order valence-electron chi connectivity index (χ2n) is 3.19. The molecule has 0 saturated heterocycles. The standard InChI is InChI=1S/C10H15BrS/c1-3-9-4-5-10(12-9)6-8(2)7-11/h4-5,8H,3,6-7H2,1-2H3. The van der Waals surface area contributed by atoms with Gasteiger partial charge >= 0.3 is 0 Å². The lowest BCUT2D eigenvalue weighted by Gasteiger charge is -2.03. The second-order valence-corrected chi connectivity index (χ2v) is 5.09. The van der Waals surface area contributed by atoms with Gasteiger partial charge in [-0.25, -0.2) is 0 Å². The highest BCUT2D eigenvalue weighted by molar-refractivity contribution is 9.09. The topological polar surface area (TPSA) is 0 Å². The van der Waals surface area contributed by atoms with Crippen molar-refractivity contribution in [3.8, 4) is 0 Å². The Kier molecular flexibility index (Phi) is 4.30. The Morgan fingerprint density at radius 2 is 2.08 bits per heavy atom. The summed E-state index contributed by atoms with van der Waals surface area (Å²) in [6, 6.07) is 4.52. The van der Waals surface area contributed by atoms with Crippen molar-refractivity contribution in [3.63, 3.8) is 0 Å². The van der Waals surface area contributed by atoms with Crippen LogP contribution < -0.4 is 0 Å². The van der Waals surface area contributed by atoms with Gasteiger partial charge in [0.15, 0.2) is 0 Å². The van der Waals surface area contributed by atoms with E-state index in [9.17, 15) is 0 Å². The van der Waals surface area contributed by atoms with Crippen LogP contribution in [0.2, 0.25) is 0 Å². The number of alkyl halides is 1. The third kappa shape index (κ3) is 2.91. The second kappa shape index (κ2) is 5.03. The minimum absolute atomic E-state index is 0.758. The lowest BCUT2D eigenvalue weighted by Crippen LogP contribution is -1.98. The molecule has 0 aliphatic heterocycles. The van der Waals surface area contributed by atoms with E-state index in [1.54, 1.807) is 0 Å². The van der Waals surface area contributed by atoms with Crippen LogP contribution in [0.1, 0.15) is 23.6 Å². The molecule has 0 bridgehead atoms. The Morgan fingerprint density at radius 3 is 2.58 bits per heavy atom. The normalized spacial score (nSPS) is 13.2. The average Bonchev–Trinajstić information content (AvgIpc) is 2.52. The van der Waals surface area contributed by atoms with Crippen molar-refractivity contribution < 1.29 is 0 Å². The minimum atomic E-state index is 0.758. The van der Waals surface area contributed by atoms with Crippen molar-refractivity contribution in [2.75, 3.05) is 5.33 Å². The number of halogens is 1. The summed E-state index contributed by atoms with van der Waals surface area (Å²) in [5.74, 6) is 0.758. The predicted molar refractivity (Wildman–Crippen MR) is 60.4 cm³/mol. The zero-order valence-corrected chi connectivity index (χ0v) is 10.0. The average molecular weight is 247 g/mol. The molecule has 1 atom stereocenters. The molecule has 0 spiro atoms. The SMILES string of the molecule is CCc1ccc(CC(C)CBr)s1. The monoisotopic (exact) mass is 246 g/mol. The fourth-order valence-electron chi connectivity index (χ4n) is 1.12. The third-order valence-electron chi connectivity index (χ3n) is 1.88. The van der Waals surface area contributed by atoms with Gasteiger partial charge in [0.25, 0.3) is 0 Å². The van der Waals surface area contributed by atoms with Crippen LogP contribution in [0.4, 0.5) is 0 Å². The van der Waals surface area contributed by atoms with Crippen LogP contribution in [0, 0.1) is 5.92 Å². The van der Waals surface area contributed by atoms with Gasteiger partial charge in [-0.3, -0.25) is 0 Å². The molecule has 0 aliphatic rings. The van der Waals surface area contributed by atoms with Crippen LogP contribution in [0.25, 0.3) is 0 Å². The molecule has 1 heterocycles. The number of thiophene rings is 1. The summed E-state index contributed by atoms with van der Waals surface area (Å²) in [7, 11) is 0. The van der Waals surface area contributed by atoms with Gasteiger partial charge in [-0.2, -0.15) is 0 Å². The lowest BCUT2D eigenvalue weighted by molar-refractivity contribution is 0.670. The maximum Gasteiger partial charge on any atom is 0.00605 e. The molecule has 0 N–H and O–H groups in total. The molecule has 12 heavy (non-hydrogen) atoms. The molecule has 0 saturated carbocycles. The number of aryl methyl sites for hydroxylation is 1. The number of rotatable bonds is 4. The third-order valence-corrected chi connectivity index (χ3v) is 4.24. The molecule has 2 heteroatoms. The van der Waals surface area contributed by atoms with Gasteiger partial charge < -0.3 is 0 Å². The van der Waals surface area contributed by atoms with Crippen LogP contribution in [0.5, 0.6) is 0 Å². The molecular formula is C10H15BrS. The highest BCUT2D eigenvalue weighted by Gasteiger charge is 2.03. The van der Waals surface area contributed by atoms with Crippen LogP contribution in [-0.2, 0) is 12.8 Å². The zero-order chi connectivity index (χ0) is 8.97. The number of hydrogen-bond acceptors (Lipinski definition) is 1. The van der Waals surface area contributed by atoms with Crippen LogP contribution in [0.15, 0.2) is 12.1 Å². The van der Waals surface area contributed by atoms with Gasteiger partial charge in [0, 0.05) is 15.1 Å². The van der Waals surface area contributed by atoms with E-state index in [4.69, 9.17) is 0 Å². The van der Waals surface area contributed by atoms with Gasteiger partial charge in [0.2, 0.25) is 0 Å². The van der Waals surface area contributed by atoms with Crippen molar-refractivity contribution in [1.29, 1.82) is 0 Å². The van der Waals surface area contributed by atoms with Gasteiger partial charge in [-0.15, -0.1) is 11.3 Å². The van der Waals surface area contributed by atoms with E-state index < -0.39 is 0 Å². The van der Waals surface area contributed by atoms with E-state index >= 15 is 0 Å². The van der Waals surface area contributed by atoms with Gasteiger partial charge in [-0.1, -0.05) is 29.8 Å². The summed E-state index contributed by atoms with van der Waals surface area (Å²) in [5, 5.41) is 1.10. The first-order valence-corrected chi connectivity index (χ1v) is 6.33. The van der Waals surface area contributed by atoms with Crippen molar-refractivity contribution in [2.45, 2.75) is 26.7 Å². The highest BCUT2D eigenvalue weighted by Crippen LogP contribution is 2.20. The van der Waals surface area contributed by atoms with E-state index in [-0.39, 0.29) is 0 Å². The van der Waals surface area contributed by atoms with Crippen LogP contribution in [0.3, 0.4) is 0 Å². The molecule has 68 valence electrons. The first-order valence-electron chi connectivity index (χ1n) is 4.39. The summed E-state index contributed by atoms with van der Waals surface area (Å²) in [4.78, 5) is 3.03. The first-order chi connectivity index (χ1) is 5.76. The summed E-state index contributed by atoms with van der Waals surface area (Å²) in [6.45, 7) is 4.49. The Labute approximate surface area is 87.1 Å². The Hall–Kier alpha value is 0.180. The predicted octanol–water partition coefficient (Wildman–Crippen LogP) is 3.88. The van der Waals surface area contributed by atoms with Crippen molar-refractivity contribution >= 4 is 27.3 Å². The molecule has 1 aromatic heterocycles. The summed E-state index contributed by atoms with van der Waals surface area (Å²) in [5.41, 5.74) is 0.